The summed E-state index contributed by atoms with van der Waals surface area (Å²) in [4.78, 5) is 21.1. The minimum absolute atomic E-state index is 0.655. The molecule has 0 unspecified atom stereocenters. The Morgan fingerprint density at radius 1 is 1.03 bits per heavy atom. The summed E-state index contributed by atoms with van der Waals surface area (Å²) in [6.07, 6.45) is 9.05. The van der Waals surface area contributed by atoms with Gasteiger partial charge in [-0.1, -0.05) is 0 Å². The summed E-state index contributed by atoms with van der Waals surface area (Å²) in [5, 5.41) is 8.68. The van der Waals surface area contributed by atoms with Crippen LogP contribution < -0.4 is 5.32 Å². The number of hydrogen-bond donors (Lipinski definition) is 2. The number of nitrogens with one attached hydrogen (secondary N) is 2. The lowest BCUT2D eigenvalue weighted by Gasteiger charge is -2.11. The molecule has 0 amide bonds. The zero-order chi connectivity index (χ0) is 19.6. The Kier molecular flexibility index (Phi) is 4.21. The number of nitrogens with zero attached hydrogens (tertiary/aromatic N) is 6. The van der Waals surface area contributed by atoms with Crippen LogP contribution in [-0.2, 0) is 6.54 Å². The van der Waals surface area contributed by atoms with Crippen molar-refractivity contribution in [2.24, 2.45) is 0 Å². The number of rotatable bonds is 5. The molecule has 0 atom stereocenters. The van der Waals surface area contributed by atoms with Crippen molar-refractivity contribution in [3.05, 3.63) is 78.8 Å². The molecule has 5 aromatic rings. The minimum atomic E-state index is 0.655. The second-order valence-electron chi connectivity index (χ2n) is 6.61. The van der Waals surface area contributed by atoms with Crippen LogP contribution in [0, 0.1) is 6.92 Å². The number of anilines is 1. The quantitative estimate of drug-likeness (QED) is 0.483. The van der Waals surface area contributed by atoms with Gasteiger partial charge in [-0.15, -0.1) is 0 Å². The average molecular weight is 382 g/mol. The first-order chi connectivity index (χ1) is 14.3. The van der Waals surface area contributed by atoms with Gasteiger partial charge in [0.2, 0.25) is 0 Å². The van der Waals surface area contributed by atoms with Gasteiger partial charge in [-0.25, -0.2) is 19.6 Å². The fourth-order valence-electron chi connectivity index (χ4n) is 3.25. The van der Waals surface area contributed by atoms with Crippen LogP contribution >= 0.6 is 0 Å². The number of hydrogen-bond acceptors (Lipinski definition) is 6. The lowest BCUT2D eigenvalue weighted by molar-refractivity contribution is 0.829. The smallest absolute Gasteiger partial charge is 0.157 e. The van der Waals surface area contributed by atoms with Gasteiger partial charge in [-0.05, 0) is 42.8 Å². The summed E-state index contributed by atoms with van der Waals surface area (Å²) < 4.78 is 1.73. The second kappa shape index (κ2) is 7.16. The molecule has 2 N–H and O–H groups in total. The fraction of sp³-hybridized carbons (Fsp3) is 0.0952. The molecule has 0 spiro atoms. The van der Waals surface area contributed by atoms with Gasteiger partial charge in [-0.3, -0.25) is 4.98 Å². The Morgan fingerprint density at radius 2 is 1.93 bits per heavy atom. The molecule has 5 heterocycles. The molecule has 0 saturated heterocycles. The van der Waals surface area contributed by atoms with E-state index in [2.05, 4.69) is 35.3 Å². The topological polar surface area (TPSA) is 97.2 Å². The number of pyridine rings is 2. The third-order valence-electron chi connectivity index (χ3n) is 4.59. The molecule has 5 aromatic heterocycles. The standard InChI is InChI=1S/C21H18N8/c1-14-26-18(12-20(27-14)29-10-2-6-25-29)17-11-19(28-21-16(17)5-9-23-21)24-13-15-3-7-22-8-4-15/h2-12H,13H2,1H3,(H2,23,24,28). The molecule has 0 saturated carbocycles. The first-order valence-electron chi connectivity index (χ1n) is 9.23. The molecule has 8 nitrogen and oxygen atoms in total. The summed E-state index contributed by atoms with van der Waals surface area (Å²) >= 11 is 0. The summed E-state index contributed by atoms with van der Waals surface area (Å²) in [5.41, 5.74) is 3.74. The molecule has 0 aliphatic carbocycles. The van der Waals surface area contributed by atoms with Crippen molar-refractivity contribution >= 4 is 16.9 Å². The van der Waals surface area contributed by atoms with Gasteiger partial charge in [0.25, 0.3) is 0 Å². The zero-order valence-corrected chi connectivity index (χ0v) is 15.7. The van der Waals surface area contributed by atoms with Gasteiger partial charge < -0.3 is 10.3 Å². The Bertz CT molecular complexity index is 1260. The minimum Gasteiger partial charge on any atom is -0.366 e. The van der Waals surface area contributed by atoms with E-state index in [1.807, 2.05) is 55.7 Å². The SMILES string of the molecule is Cc1nc(-c2cc(NCc3ccncc3)nc3[nH]ccc23)cc(-n2cccn2)n1. The van der Waals surface area contributed by atoms with Crippen LogP contribution in [0.1, 0.15) is 11.4 Å². The molecular weight excluding hydrogens is 364 g/mol. The van der Waals surface area contributed by atoms with Crippen molar-refractivity contribution < 1.29 is 0 Å². The van der Waals surface area contributed by atoms with Crippen LogP contribution in [0.3, 0.4) is 0 Å². The van der Waals surface area contributed by atoms with Gasteiger partial charge in [-0.2, -0.15) is 5.10 Å². The molecule has 5 rings (SSSR count). The van der Waals surface area contributed by atoms with Crippen molar-refractivity contribution in [2.45, 2.75) is 13.5 Å². The van der Waals surface area contributed by atoms with E-state index < -0.39 is 0 Å². The maximum absolute atomic E-state index is 4.69. The molecule has 29 heavy (non-hydrogen) atoms. The van der Waals surface area contributed by atoms with E-state index in [-0.39, 0.29) is 0 Å². The number of H-pyrrole nitrogens is 1. The Labute approximate surface area is 166 Å². The third kappa shape index (κ3) is 3.43. The molecule has 0 fully saturated rings. The molecule has 8 heteroatoms. The third-order valence-corrected chi connectivity index (χ3v) is 4.59. The largest absolute Gasteiger partial charge is 0.366 e. The van der Waals surface area contributed by atoms with Crippen molar-refractivity contribution in [2.75, 3.05) is 5.32 Å². The van der Waals surface area contributed by atoms with E-state index in [4.69, 9.17) is 0 Å². The van der Waals surface area contributed by atoms with Crippen LogP contribution in [0.2, 0.25) is 0 Å². The summed E-state index contributed by atoms with van der Waals surface area (Å²) in [5.74, 6) is 2.17. The maximum atomic E-state index is 4.69. The van der Waals surface area contributed by atoms with Crippen molar-refractivity contribution in [1.82, 2.24) is 34.7 Å². The molecule has 142 valence electrons. The van der Waals surface area contributed by atoms with E-state index in [0.717, 1.165) is 39.5 Å². The van der Waals surface area contributed by atoms with Gasteiger partial charge in [0.15, 0.2) is 5.82 Å². The van der Waals surface area contributed by atoms with Gasteiger partial charge in [0, 0.05) is 54.5 Å². The van der Waals surface area contributed by atoms with Crippen molar-refractivity contribution in [1.29, 1.82) is 0 Å². The monoisotopic (exact) mass is 382 g/mol. The fourth-order valence-corrected chi connectivity index (χ4v) is 3.25. The highest BCUT2D eigenvalue weighted by atomic mass is 15.3. The van der Waals surface area contributed by atoms with Crippen molar-refractivity contribution in [3.8, 4) is 17.1 Å². The highest BCUT2D eigenvalue weighted by Gasteiger charge is 2.13. The highest BCUT2D eigenvalue weighted by molar-refractivity contribution is 5.93. The lowest BCUT2D eigenvalue weighted by Crippen LogP contribution is -2.04. The first-order valence-corrected chi connectivity index (χ1v) is 9.23. The predicted molar refractivity (Wildman–Crippen MR) is 111 cm³/mol. The average Bonchev–Trinajstić information content (AvgIpc) is 3.44. The Hall–Kier alpha value is -4.07. The molecule has 0 radical (unpaired) electrons. The van der Waals surface area contributed by atoms with Crippen molar-refractivity contribution in [3.63, 3.8) is 0 Å². The summed E-state index contributed by atoms with van der Waals surface area (Å²) in [7, 11) is 0. The highest BCUT2D eigenvalue weighted by Crippen LogP contribution is 2.29. The van der Waals surface area contributed by atoms with E-state index in [9.17, 15) is 0 Å². The van der Waals surface area contributed by atoms with Gasteiger partial charge in [0.1, 0.15) is 17.3 Å². The number of aromatic nitrogens is 7. The Balaban J connectivity index is 1.57. The normalized spacial score (nSPS) is 11.1. The summed E-state index contributed by atoms with van der Waals surface area (Å²) in [6.45, 7) is 2.54. The zero-order valence-electron chi connectivity index (χ0n) is 15.7. The first kappa shape index (κ1) is 17.1. The summed E-state index contributed by atoms with van der Waals surface area (Å²) in [6, 6.07) is 11.8. The van der Waals surface area contributed by atoms with Gasteiger partial charge in [0.05, 0.1) is 5.69 Å². The number of aryl methyl sites for hydroxylation is 1. The second-order valence-corrected chi connectivity index (χ2v) is 6.61. The van der Waals surface area contributed by atoms with Gasteiger partial charge >= 0.3 is 0 Å². The van der Waals surface area contributed by atoms with Crippen LogP contribution in [0.5, 0.6) is 0 Å². The van der Waals surface area contributed by atoms with E-state index in [1.165, 1.54) is 0 Å². The molecule has 0 aromatic carbocycles. The lowest BCUT2D eigenvalue weighted by atomic mass is 10.1. The van der Waals surface area contributed by atoms with Crippen LogP contribution in [0.4, 0.5) is 5.82 Å². The molecule has 0 aliphatic rings. The Morgan fingerprint density at radius 3 is 2.76 bits per heavy atom. The molecule has 0 bridgehead atoms. The number of fused-ring (bicyclic) bond motifs is 1. The predicted octanol–water partition coefficient (Wildman–Crippen LogP) is 3.52. The van der Waals surface area contributed by atoms with Crippen LogP contribution in [0.15, 0.2) is 67.4 Å². The molecular formula is C21H18N8. The van der Waals surface area contributed by atoms with Crippen LogP contribution in [-0.4, -0.2) is 34.7 Å². The molecule has 0 aliphatic heterocycles. The van der Waals surface area contributed by atoms with E-state index >= 15 is 0 Å². The maximum Gasteiger partial charge on any atom is 0.157 e. The van der Waals surface area contributed by atoms with Crippen LogP contribution in [0.25, 0.3) is 28.1 Å². The number of aromatic amines is 1. The van der Waals surface area contributed by atoms with E-state index in [1.54, 1.807) is 23.3 Å². The van der Waals surface area contributed by atoms with E-state index in [0.29, 0.717) is 12.4 Å².